The normalized spacial score (nSPS) is 13.9. The summed E-state index contributed by atoms with van der Waals surface area (Å²) in [7, 11) is 0. The Morgan fingerprint density at radius 1 is 0.510 bits per heavy atom. The van der Waals surface area contributed by atoms with Gasteiger partial charge in [0.2, 0.25) is 5.91 Å². The van der Waals surface area contributed by atoms with Crippen molar-refractivity contribution in [1.29, 1.82) is 0 Å². The van der Waals surface area contributed by atoms with E-state index in [9.17, 15) is 20.1 Å². The van der Waals surface area contributed by atoms with Crippen LogP contribution in [0.3, 0.4) is 0 Å². The number of carbonyl (C=O) groups excluding carboxylic acids is 1. The van der Waals surface area contributed by atoms with Crippen LogP contribution in [-0.2, 0) is 4.79 Å². The maximum absolute atomic E-state index is 12.4. The van der Waals surface area contributed by atoms with Crippen LogP contribution in [0.4, 0.5) is 0 Å². The lowest BCUT2D eigenvalue weighted by molar-refractivity contribution is -0.124. The molecule has 0 fully saturated rings. The second-order valence-electron chi connectivity index (χ2n) is 15.2. The van der Waals surface area contributed by atoms with E-state index in [4.69, 9.17) is 0 Å². The minimum absolute atomic E-state index is 0.161. The molecule has 0 heterocycles. The summed E-state index contributed by atoms with van der Waals surface area (Å²) in [5.74, 6) is -0.161. The molecule has 1 amide bonds. The third kappa shape index (κ3) is 36.7. The molecule has 0 aliphatic rings. The number of nitrogens with one attached hydrogen (secondary N) is 1. The van der Waals surface area contributed by atoms with Gasteiger partial charge in [-0.1, -0.05) is 185 Å². The minimum atomic E-state index is -1.16. The first-order chi connectivity index (χ1) is 25.1. The van der Waals surface area contributed by atoms with E-state index in [-0.39, 0.29) is 12.5 Å². The summed E-state index contributed by atoms with van der Waals surface area (Å²) in [5, 5.41) is 33.2. The zero-order valence-corrected chi connectivity index (χ0v) is 34.0. The van der Waals surface area contributed by atoms with Gasteiger partial charge in [-0.15, -0.1) is 0 Å². The van der Waals surface area contributed by atoms with Crippen molar-refractivity contribution in [3.63, 3.8) is 0 Å². The van der Waals surface area contributed by atoms with E-state index < -0.39 is 18.2 Å². The van der Waals surface area contributed by atoms with Crippen molar-refractivity contribution in [3.05, 3.63) is 36.5 Å². The standard InChI is InChI=1S/C46H87NO4/c1-3-5-7-9-11-13-14-15-16-17-18-19-20-21-22-23-24-25-26-27-28-29-30-31-32-33-35-37-39-41-45(50)47-43(42-48)46(51)44(49)40-38-36-34-12-10-8-6-4-2/h4,6,12,21-22,34,43-44,46,48-49,51H,3,5,7-11,13-20,23-33,35-42H2,1-2H3,(H,47,50)/b6-4+,22-21-,34-12+. The molecule has 300 valence electrons. The first-order valence-electron chi connectivity index (χ1n) is 22.2. The summed E-state index contributed by atoms with van der Waals surface area (Å²) in [4.78, 5) is 12.4. The topological polar surface area (TPSA) is 89.8 Å². The van der Waals surface area contributed by atoms with Crippen LogP contribution in [-0.4, -0.2) is 46.1 Å². The average Bonchev–Trinajstić information content (AvgIpc) is 3.13. The van der Waals surface area contributed by atoms with Crippen LogP contribution in [0.25, 0.3) is 0 Å². The second-order valence-corrected chi connectivity index (χ2v) is 15.2. The lowest BCUT2D eigenvalue weighted by Crippen LogP contribution is -2.50. The Kier molecular flexibility index (Phi) is 40.2. The van der Waals surface area contributed by atoms with E-state index in [0.717, 1.165) is 44.9 Å². The summed E-state index contributed by atoms with van der Waals surface area (Å²) in [6.07, 6.45) is 51.7. The number of unbranched alkanes of at least 4 members (excludes halogenated alkanes) is 27. The molecule has 0 aromatic heterocycles. The number of aliphatic hydroxyl groups excluding tert-OH is 3. The summed E-state index contributed by atoms with van der Waals surface area (Å²) >= 11 is 0. The van der Waals surface area contributed by atoms with Gasteiger partial charge in [-0.25, -0.2) is 0 Å². The highest BCUT2D eigenvalue weighted by Gasteiger charge is 2.26. The first kappa shape index (κ1) is 49.6. The van der Waals surface area contributed by atoms with Gasteiger partial charge in [-0.05, 0) is 71.1 Å². The molecule has 0 saturated heterocycles. The lowest BCUT2D eigenvalue weighted by atomic mass is 10.0. The molecule has 0 rings (SSSR count). The maximum Gasteiger partial charge on any atom is 0.220 e. The van der Waals surface area contributed by atoms with Gasteiger partial charge in [0.15, 0.2) is 0 Å². The van der Waals surface area contributed by atoms with Crippen molar-refractivity contribution in [3.8, 4) is 0 Å². The predicted octanol–water partition coefficient (Wildman–Crippen LogP) is 12.8. The lowest BCUT2D eigenvalue weighted by Gasteiger charge is -2.26. The fourth-order valence-electron chi connectivity index (χ4n) is 6.83. The van der Waals surface area contributed by atoms with Crippen molar-refractivity contribution in [2.75, 3.05) is 6.61 Å². The summed E-state index contributed by atoms with van der Waals surface area (Å²) in [6, 6.07) is -0.829. The van der Waals surface area contributed by atoms with Crippen LogP contribution in [0.1, 0.15) is 226 Å². The Hall–Kier alpha value is -1.43. The van der Waals surface area contributed by atoms with Gasteiger partial charge >= 0.3 is 0 Å². The van der Waals surface area contributed by atoms with E-state index in [1.54, 1.807) is 0 Å². The third-order valence-electron chi connectivity index (χ3n) is 10.3. The molecule has 5 nitrogen and oxygen atoms in total. The molecule has 3 atom stereocenters. The van der Waals surface area contributed by atoms with Crippen molar-refractivity contribution < 1.29 is 20.1 Å². The first-order valence-corrected chi connectivity index (χ1v) is 22.2. The van der Waals surface area contributed by atoms with Crippen LogP contribution in [0.15, 0.2) is 36.5 Å². The minimum Gasteiger partial charge on any atom is -0.394 e. The Bertz CT molecular complexity index is 794. The molecule has 0 bridgehead atoms. The largest absolute Gasteiger partial charge is 0.394 e. The molecule has 51 heavy (non-hydrogen) atoms. The number of aliphatic hydroxyl groups is 3. The molecule has 0 aliphatic heterocycles. The van der Waals surface area contributed by atoms with E-state index >= 15 is 0 Å². The summed E-state index contributed by atoms with van der Waals surface area (Å²) < 4.78 is 0. The van der Waals surface area contributed by atoms with Gasteiger partial charge in [0.1, 0.15) is 6.10 Å². The number of rotatable bonds is 40. The molecular weight excluding hydrogens is 631 g/mol. The number of hydrogen-bond donors (Lipinski definition) is 4. The van der Waals surface area contributed by atoms with E-state index in [2.05, 4.69) is 42.6 Å². The molecule has 0 aliphatic carbocycles. The molecule has 0 spiro atoms. The van der Waals surface area contributed by atoms with Crippen LogP contribution < -0.4 is 5.32 Å². The SMILES string of the molecule is C/C=C/CC/C=C/CCCC(O)C(O)C(CO)NC(=O)CCCCCCCCCCCCCCC/C=C\CCCCCCCCCCCCCC. The second kappa shape index (κ2) is 41.3. The summed E-state index contributed by atoms with van der Waals surface area (Å²) in [6.45, 7) is 3.93. The van der Waals surface area contributed by atoms with Gasteiger partial charge in [0.25, 0.3) is 0 Å². The molecule has 0 aromatic carbocycles. The maximum atomic E-state index is 12.4. The van der Waals surface area contributed by atoms with Gasteiger partial charge in [0.05, 0.1) is 18.8 Å². The fourth-order valence-corrected chi connectivity index (χ4v) is 6.83. The van der Waals surface area contributed by atoms with Gasteiger partial charge in [-0.3, -0.25) is 4.79 Å². The number of carbonyl (C=O) groups is 1. The van der Waals surface area contributed by atoms with Crippen LogP contribution in [0.5, 0.6) is 0 Å². The van der Waals surface area contributed by atoms with Gasteiger partial charge < -0.3 is 20.6 Å². The van der Waals surface area contributed by atoms with Crippen molar-refractivity contribution in [1.82, 2.24) is 5.32 Å². The molecule has 0 aromatic rings. The number of hydrogen-bond acceptors (Lipinski definition) is 4. The van der Waals surface area contributed by atoms with Crippen LogP contribution in [0, 0.1) is 0 Å². The van der Waals surface area contributed by atoms with E-state index in [1.165, 1.54) is 154 Å². The highest BCUT2D eigenvalue weighted by Crippen LogP contribution is 2.16. The Morgan fingerprint density at radius 3 is 1.31 bits per heavy atom. The van der Waals surface area contributed by atoms with Crippen LogP contribution in [0.2, 0.25) is 0 Å². The van der Waals surface area contributed by atoms with Crippen molar-refractivity contribution in [2.45, 2.75) is 244 Å². The van der Waals surface area contributed by atoms with E-state index in [0.29, 0.717) is 12.8 Å². The van der Waals surface area contributed by atoms with E-state index in [1.807, 2.05) is 13.0 Å². The number of amides is 1. The molecule has 0 saturated carbocycles. The summed E-state index contributed by atoms with van der Waals surface area (Å²) in [5.41, 5.74) is 0. The third-order valence-corrected chi connectivity index (χ3v) is 10.3. The molecule has 4 N–H and O–H groups in total. The number of allylic oxidation sites excluding steroid dienone is 6. The zero-order chi connectivity index (χ0) is 37.3. The smallest absolute Gasteiger partial charge is 0.220 e. The molecule has 3 unspecified atom stereocenters. The Labute approximate surface area is 317 Å². The highest BCUT2D eigenvalue weighted by atomic mass is 16.3. The van der Waals surface area contributed by atoms with Crippen molar-refractivity contribution >= 4 is 5.91 Å². The Morgan fingerprint density at radius 2 is 0.882 bits per heavy atom. The fraction of sp³-hybridized carbons (Fsp3) is 0.848. The molecule has 0 radical (unpaired) electrons. The Balaban J connectivity index is 3.49. The average molecular weight is 718 g/mol. The zero-order valence-electron chi connectivity index (χ0n) is 34.0. The predicted molar refractivity (Wildman–Crippen MR) is 222 cm³/mol. The van der Waals surface area contributed by atoms with Crippen LogP contribution >= 0.6 is 0 Å². The van der Waals surface area contributed by atoms with Gasteiger partial charge in [0, 0.05) is 6.42 Å². The quantitative estimate of drug-likeness (QED) is 0.0375. The van der Waals surface area contributed by atoms with Gasteiger partial charge in [-0.2, -0.15) is 0 Å². The molecule has 5 heteroatoms. The monoisotopic (exact) mass is 718 g/mol. The van der Waals surface area contributed by atoms with Crippen molar-refractivity contribution in [2.24, 2.45) is 0 Å². The molecular formula is C46H87NO4. The highest BCUT2D eigenvalue weighted by molar-refractivity contribution is 5.76.